The van der Waals surface area contributed by atoms with Crippen LogP contribution in [0.4, 0.5) is 0 Å². The van der Waals surface area contributed by atoms with Crippen LogP contribution in [0.3, 0.4) is 0 Å². The fraction of sp³-hybridized carbons (Fsp3) is 0.750. The molecule has 2 rings (SSSR count). The van der Waals surface area contributed by atoms with Gasteiger partial charge in [-0.3, -0.25) is 4.79 Å². The zero-order chi connectivity index (χ0) is 10.6. The quantitative estimate of drug-likeness (QED) is 0.600. The third-order valence-corrected chi connectivity index (χ3v) is 4.45. The lowest BCUT2D eigenvalue weighted by Crippen LogP contribution is -2.31. The standard InChI is InChI=1S/C12H18O2/c1-8(13)14-10-7-9-5-6-12(10,4)11(9,2)3/h7,9H,5-6H2,1-4H3/t9-,12-/m1/s1. The van der Waals surface area contributed by atoms with Gasteiger partial charge >= 0.3 is 5.97 Å². The number of carbonyl (C=O) groups is 1. The van der Waals surface area contributed by atoms with Crippen LogP contribution in [-0.2, 0) is 9.53 Å². The number of carbonyl (C=O) groups excluding carboxylic acids is 1. The third kappa shape index (κ3) is 0.999. The summed E-state index contributed by atoms with van der Waals surface area (Å²) in [5.41, 5.74) is 0.321. The van der Waals surface area contributed by atoms with Gasteiger partial charge in [0.1, 0.15) is 5.76 Å². The smallest absolute Gasteiger partial charge is 0.307 e. The van der Waals surface area contributed by atoms with Crippen molar-refractivity contribution >= 4 is 5.97 Å². The average Bonchev–Trinajstić information content (AvgIpc) is 2.35. The van der Waals surface area contributed by atoms with Gasteiger partial charge in [0.25, 0.3) is 0 Å². The van der Waals surface area contributed by atoms with Crippen LogP contribution >= 0.6 is 0 Å². The normalized spacial score (nSPS) is 38.3. The Labute approximate surface area is 85.3 Å². The van der Waals surface area contributed by atoms with Crippen molar-refractivity contribution in [2.75, 3.05) is 0 Å². The number of hydrogen-bond acceptors (Lipinski definition) is 2. The zero-order valence-corrected chi connectivity index (χ0v) is 9.39. The van der Waals surface area contributed by atoms with Crippen LogP contribution < -0.4 is 0 Å². The molecule has 2 aliphatic carbocycles. The van der Waals surface area contributed by atoms with Crippen LogP contribution in [0.2, 0.25) is 0 Å². The monoisotopic (exact) mass is 194 g/mol. The summed E-state index contributed by atoms with van der Waals surface area (Å²) in [6, 6.07) is 0. The van der Waals surface area contributed by atoms with E-state index in [1.54, 1.807) is 0 Å². The van der Waals surface area contributed by atoms with Gasteiger partial charge in [-0.2, -0.15) is 0 Å². The molecule has 2 heteroatoms. The molecule has 2 nitrogen and oxygen atoms in total. The van der Waals surface area contributed by atoms with Crippen LogP contribution in [0.15, 0.2) is 11.8 Å². The predicted octanol–water partition coefficient (Wildman–Crippen LogP) is 2.89. The fourth-order valence-electron chi connectivity index (χ4n) is 2.94. The second kappa shape index (κ2) is 2.62. The Kier molecular flexibility index (Phi) is 1.82. The van der Waals surface area contributed by atoms with Gasteiger partial charge in [-0.05, 0) is 30.3 Å². The molecule has 0 aromatic carbocycles. The van der Waals surface area contributed by atoms with Crippen LogP contribution in [0.1, 0.15) is 40.5 Å². The molecule has 2 bridgehead atoms. The molecule has 0 aromatic heterocycles. The summed E-state index contributed by atoms with van der Waals surface area (Å²) in [4.78, 5) is 11.0. The van der Waals surface area contributed by atoms with Crippen molar-refractivity contribution in [3.63, 3.8) is 0 Å². The first-order valence-corrected chi connectivity index (χ1v) is 5.28. The molecule has 78 valence electrons. The highest BCUT2D eigenvalue weighted by Gasteiger charge is 2.58. The number of allylic oxidation sites excluding steroid dienone is 2. The molecule has 0 saturated heterocycles. The summed E-state index contributed by atoms with van der Waals surface area (Å²) in [5.74, 6) is 1.30. The van der Waals surface area contributed by atoms with Gasteiger partial charge in [0.2, 0.25) is 0 Å². The van der Waals surface area contributed by atoms with E-state index < -0.39 is 0 Å². The SMILES string of the molecule is CC(=O)OC1=C[C@H]2CC[C@@]1(C)C2(C)C. The molecular formula is C12H18O2. The van der Waals surface area contributed by atoms with Crippen LogP contribution in [0.5, 0.6) is 0 Å². The van der Waals surface area contributed by atoms with Crippen molar-refractivity contribution in [2.24, 2.45) is 16.7 Å². The molecule has 2 atom stereocenters. The Balaban J connectivity index is 2.32. The highest BCUT2D eigenvalue weighted by molar-refractivity contribution is 5.67. The molecule has 14 heavy (non-hydrogen) atoms. The maximum atomic E-state index is 11.0. The van der Waals surface area contributed by atoms with Gasteiger partial charge in [0.05, 0.1) is 0 Å². The maximum Gasteiger partial charge on any atom is 0.307 e. The summed E-state index contributed by atoms with van der Waals surface area (Å²) in [6.45, 7) is 8.24. The Bertz CT molecular complexity index is 314. The minimum Gasteiger partial charge on any atom is -0.431 e. The summed E-state index contributed by atoms with van der Waals surface area (Å²) < 4.78 is 5.31. The molecule has 0 aromatic rings. The number of ether oxygens (including phenoxy) is 1. The zero-order valence-electron chi connectivity index (χ0n) is 9.39. The van der Waals surface area contributed by atoms with E-state index in [1.165, 1.54) is 13.3 Å². The van der Waals surface area contributed by atoms with E-state index in [0.717, 1.165) is 12.2 Å². The fourth-order valence-corrected chi connectivity index (χ4v) is 2.94. The molecule has 0 N–H and O–H groups in total. The van der Waals surface area contributed by atoms with Crippen LogP contribution in [-0.4, -0.2) is 5.97 Å². The molecule has 0 unspecified atom stereocenters. The topological polar surface area (TPSA) is 26.3 Å². The summed E-state index contributed by atoms with van der Waals surface area (Å²) >= 11 is 0. The molecule has 0 amide bonds. The Morgan fingerprint density at radius 3 is 2.50 bits per heavy atom. The van der Waals surface area contributed by atoms with Gasteiger partial charge in [-0.1, -0.05) is 20.8 Å². The molecule has 0 radical (unpaired) electrons. The van der Waals surface area contributed by atoms with Gasteiger partial charge < -0.3 is 4.74 Å². The van der Waals surface area contributed by atoms with Gasteiger partial charge in [0, 0.05) is 12.3 Å². The molecule has 1 saturated carbocycles. The Morgan fingerprint density at radius 2 is 2.14 bits per heavy atom. The number of hydrogen-bond donors (Lipinski definition) is 0. The van der Waals surface area contributed by atoms with E-state index in [1.807, 2.05) is 0 Å². The van der Waals surface area contributed by atoms with Crippen molar-refractivity contribution in [3.05, 3.63) is 11.8 Å². The van der Waals surface area contributed by atoms with Crippen molar-refractivity contribution in [1.29, 1.82) is 0 Å². The van der Waals surface area contributed by atoms with Crippen LogP contribution in [0.25, 0.3) is 0 Å². The number of esters is 1. The van der Waals surface area contributed by atoms with Gasteiger partial charge in [-0.25, -0.2) is 0 Å². The van der Waals surface area contributed by atoms with E-state index in [9.17, 15) is 4.79 Å². The molecular weight excluding hydrogens is 176 g/mol. The minimum absolute atomic E-state index is 0.0728. The lowest BCUT2D eigenvalue weighted by molar-refractivity contribution is -0.139. The highest BCUT2D eigenvalue weighted by Crippen LogP contribution is 2.65. The van der Waals surface area contributed by atoms with E-state index in [2.05, 4.69) is 26.8 Å². The second-order valence-corrected chi connectivity index (χ2v) is 5.32. The number of rotatable bonds is 1. The van der Waals surface area contributed by atoms with Crippen molar-refractivity contribution < 1.29 is 9.53 Å². The molecule has 0 spiro atoms. The Morgan fingerprint density at radius 1 is 1.50 bits per heavy atom. The van der Waals surface area contributed by atoms with E-state index in [0.29, 0.717) is 5.92 Å². The number of fused-ring (bicyclic) bond motifs is 2. The van der Waals surface area contributed by atoms with Crippen molar-refractivity contribution in [3.8, 4) is 0 Å². The van der Waals surface area contributed by atoms with Gasteiger partial charge in [-0.15, -0.1) is 0 Å². The highest BCUT2D eigenvalue weighted by atomic mass is 16.5. The summed E-state index contributed by atoms with van der Waals surface area (Å²) in [7, 11) is 0. The van der Waals surface area contributed by atoms with Crippen molar-refractivity contribution in [1.82, 2.24) is 0 Å². The Hall–Kier alpha value is -0.790. The first kappa shape index (κ1) is 9.75. The minimum atomic E-state index is -0.194. The van der Waals surface area contributed by atoms with E-state index >= 15 is 0 Å². The summed E-state index contributed by atoms with van der Waals surface area (Å²) in [6.07, 6.45) is 4.53. The molecule has 1 fully saturated rings. The first-order valence-electron chi connectivity index (χ1n) is 5.28. The largest absolute Gasteiger partial charge is 0.431 e. The lowest BCUT2D eigenvalue weighted by atomic mass is 9.70. The predicted molar refractivity (Wildman–Crippen MR) is 54.5 cm³/mol. The lowest BCUT2D eigenvalue weighted by Gasteiger charge is -2.36. The first-order chi connectivity index (χ1) is 6.38. The molecule has 0 aliphatic heterocycles. The van der Waals surface area contributed by atoms with Gasteiger partial charge in [0.15, 0.2) is 0 Å². The second-order valence-electron chi connectivity index (χ2n) is 5.32. The summed E-state index contributed by atoms with van der Waals surface area (Å²) in [5, 5.41) is 0. The third-order valence-electron chi connectivity index (χ3n) is 4.45. The molecule has 2 aliphatic rings. The molecule has 0 heterocycles. The maximum absolute atomic E-state index is 11.0. The van der Waals surface area contributed by atoms with E-state index in [4.69, 9.17) is 4.74 Å². The van der Waals surface area contributed by atoms with E-state index in [-0.39, 0.29) is 16.8 Å². The average molecular weight is 194 g/mol. The van der Waals surface area contributed by atoms with Crippen molar-refractivity contribution in [2.45, 2.75) is 40.5 Å². The van der Waals surface area contributed by atoms with Crippen LogP contribution in [0, 0.1) is 16.7 Å².